The number of nitrogens with zero attached hydrogens (tertiary/aromatic N) is 1. The highest BCUT2D eigenvalue weighted by Gasteiger charge is 2.34. The van der Waals surface area contributed by atoms with E-state index in [0.717, 1.165) is 45.6 Å². The summed E-state index contributed by atoms with van der Waals surface area (Å²) in [7, 11) is 3.28. The van der Waals surface area contributed by atoms with Gasteiger partial charge in [0.25, 0.3) is 0 Å². The first-order valence-electron chi connectivity index (χ1n) is 11.2. The number of methoxy groups -OCH3 is 2. The van der Waals surface area contributed by atoms with Crippen LogP contribution in [0, 0.1) is 0 Å². The van der Waals surface area contributed by atoms with E-state index in [2.05, 4.69) is 10.3 Å². The summed E-state index contributed by atoms with van der Waals surface area (Å²) in [5, 5.41) is 4.90. The number of halogens is 1. The second-order valence-corrected chi connectivity index (χ2v) is 8.77. The quantitative estimate of drug-likeness (QED) is 0.389. The lowest BCUT2D eigenvalue weighted by molar-refractivity contribution is 0.179. The minimum absolute atomic E-state index is 0.119. The van der Waals surface area contributed by atoms with Crippen LogP contribution in [-0.2, 0) is 13.0 Å². The van der Waals surface area contributed by atoms with Gasteiger partial charge in [-0.3, -0.25) is 0 Å². The van der Waals surface area contributed by atoms with Gasteiger partial charge in [0.05, 0.1) is 20.3 Å². The largest absolute Gasteiger partial charge is 0.497 e. The number of benzene rings is 3. The Morgan fingerprint density at radius 2 is 1.85 bits per heavy atom. The average molecular weight is 476 g/mol. The number of aromatic nitrogens is 1. The normalized spacial score (nSPS) is 15.1. The third kappa shape index (κ3) is 4.17. The molecule has 0 saturated carbocycles. The molecule has 0 saturated heterocycles. The van der Waals surface area contributed by atoms with E-state index < -0.39 is 0 Å². The second-order valence-electron chi connectivity index (χ2n) is 8.34. The third-order valence-electron chi connectivity index (χ3n) is 6.36. The molecule has 0 spiro atoms. The lowest BCUT2D eigenvalue weighted by Crippen LogP contribution is -2.45. The molecule has 0 radical (unpaired) electrons. The monoisotopic (exact) mass is 475 g/mol. The summed E-state index contributed by atoms with van der Waals surface area (Å²) in [4.78, 5) is 18.9. The van der Waals surface area contributed by atoms with Gasteiger partial charge in [0, 0.05) is 34.7 Å². The minimum atomic E-state index is -0.258. The zero-order valence-corrected chi connectivity index (χ0v) is 19.9. The van der Waals surface area contributed by atoms with Crippen molar-refractivity contribution >= 4 is 28.5 Å². The Hall–Kier alpha value is -3.64. The maximum atomic E-state index is 13.4. The lowest BCUT2D eigenvalue weighted by atomic mass is 9.92. The van der Waals surface area contributed by atoms with Gasteiger partial charge < -0.3 is 24.7 Å². The number of urea groups is 1. The summed E-state index contributed by atoms with van der Waals surface area (Å²) >= 11 is 6.29. The first-order chi connectivity index (χ1) is 16.6. The van der Waals surface area contributed by atoms with Gasteiger partial charge in [-0.15, -0.1) is 0 Å². The van der Waals surface area contributed by atoms with Crippen LogP contribution in [0.1, 0.15) is 28.4 Å². The Balaban J connectivity index is 1.49. The fourth-order valence-electron chi connectivity index (χ4n) is 4.67. The van der Waals surface area contributed by atoms with E-state index in [0.29, 0.717) is 18.1 Å². The Morgan fingerprint density at radius 3 is 2.62 bits per heavy atom. The molecule has 0 bridgehead atoms. The third-order valence-corrected chi connectivity index (χ3v) is 6.59. The highest BCUT2D eigenvalue weighted by Crippen LogP contribution is 2.39. The second kappa shape index (κ2) is 9.31. The van der Waals surface area contributed by atoms with Crippen LogP contribution in [0.3, 0.4) is 0 Å². The highest BCUT2D eigenvalue weighted by molar-refractivity contribution is 6.31. The summed E-state index contributed by atoms with van der Waals surface area (Å²) in [6, 6.07) is 21.1. The zero-order chi connectivity index (χ0) is 23.7. The van der Waals surface area contributed by atoms with Crippen molar-refractivity contribution in [2.75, 3.05) is 20.8 Å². The van der Waals surface area contributed by atoms with Crippen LogP contribution in [0.15, 0.2) is 66.7 Å². The molecule has 1 aliphatic heterocycles. The number of fused-ring (bicyclic) bond motifs is 3. The molecule has 174 valence electrons. The number of rotatable bonds is 5. The van der Waals surface area contributed by atoms with Gasteiger partial charge in [-0.1, -0.05) is 35.9 Å². The molecule has 1 aromatic heterocycles. The van der Waals surface area contributed by atoms with Gasteiger partial charge in [-0.05, 0) is 65.6 Å². The Labute approximate surface area is 203 Å². The van der Waals surface area contributed by atoms with E-state index in [1.165, 1.54) is 5.56 Å². The molecule has 4 aromatic rings. The Kier molecular flexibility index (Phi) is 6.07. The molecule has 5 rings (SSSR count). The Morgan fingerprint density at radius 1 is 1.06 bits per heavy atom. The number of carbonyl (C=O) groups excluding carboxylic acids is 1. The topological polar surface area (TPSA) is 66.6 Å². The molecule has 2 heterocycles. The van der Waals surface area contributed by atoms with Gasteiger partial charge in [-0.2, -0.15) is 0 Å². The van der Waals surface area contributed by atoms with Crippen LogP contribution in [0.4, 0.5) is 4.79 Å². The summed E-state index contributed by atoms with van der Waals surface area (Å²) in [5.74, 6) is 1.54. The lowest BCUT2D eigenvalue weighted by Gasteiger charge is -2.36. The summed E-state index contributed by atoms with van der Waals surface area (Å²) in [6.07, 6.45) is 0.745. The molecular formula is C27H26ClN3O3. The molecule has 34 heavy (non-hydrogen) atoms. The molecule has 0 fully saturated rings. The number of carbonyl (C=O) groups is 1. The van der Waals surface area contributed by atoms with E-state index in [-0.39, 0.29) is 12.1 Å². The first-order valence-corrected chi connectivity index (χ1v) is 11.6. The maximum absolute atomic E-state index is 13.4. The van der Waals surface area contributed by atoms with E-state index in [1.807, 2.05) is 71.6 Å². The van der Waals surface area contributed by atoms with Crippen molar-refractivity contribution in [3.05, 3.63) is 94.1 Å². The summed E-state index contributed by atoms with van der Waals surface area (Å²) in [5.41, 5.74) is 5.23. The number of H-pyrrole nitrogens is 1. The molecule has 3 aromatic carbocycles. The number of amides is 2. The fraction of sp³-hybridized carbons (Fsp3) is 0.222. The zero-order valence-electron chi connectivity index (χ0n) is 19.1. The van der Waals surface area contributed by atoms with E-state index in [9.17, 15) is 4.79 Å². The van der Waals surface area contributed by atoms with Crippen molar-refractivity contribution in [2.24, 2.45) is 0 Å². The highest BCUT2D eigenvalue weighted by atomic mass is 35.5. The van der Waals surface area contributed by atoms with Crippen molar-refractivity contribution in [3.63, 3.8) is 0 Å². The average Bonchev–Trinajstić information content (AvgIpc) is 3.24. The van der Waals surface area contributed by atoms with Gasteiger partial charge in [0.1, 0.15) is 11.5 Å². The van der Waals surface area contributed by atoms with Crippen LogP contribution in [0.5, 0.6) is 11.5 Å². The molecular weight excluding hydrogens is 450 g/mol. The minimum Gasteiger partial charge on any atom is -0.497 e. The number of hydrogen-bond acceptors (Lipinski definition) is 3. The maximum Gasteiger partial charge on any atom is 0.318 e. The molecule has 0 aliphatic carbocycles. The van der Waals surface area contributed by atoms with Crippen molar-refractivity contribution < 1.29 is 14.3 Å². The molecule has 2 N–H and O–H groups in total. The van der Waals surface area contributed by atoms with Crippen molar-refractivity contribution in [1.29, 1.82) is 0 Å². The fourth-order valence-corrected chi connectivity index (χ4v) is 4.85. The number of aromatic amines is 1. The predicted molar refractivity (Wildman–Crippen MR) is 134 cm³/mol. The standard InChI is InChI=1S/C27H26ClN3O3/c1-33-20-9-6-18(7-10-20)26-25-22(23-15-19(28)8-11-24(23)30-25)12-13-31(26)27(32)29-16-17-4-3-5-21(14-17)34-2/h3-11,14-15,26,30H,12-13,16H2,1-2H3,(H,29,32)/t26-/m0/s1. The molecule has 1 aliphatic rings. The van der Waals surface area contributed by atoms with Crippen LogP contribution in [-0.4, -0.2) is 36.7 Å². The summed E-state index contributed by atoms with van der Waals surface area (Å²) in [6.45, 7) is 1.00. The van der Waals surface area contributed by atoms with Crippen molar-refractivity contribution in [2.45, 2.75) is 19.0 Å². The molecule has 7 heteroatoms. The van der Waals surface area contributed by atoms with Gasteiger partial charge >= 0.3 is 6.03 Å². The molecule has 2 amide bonds. The van der Waals surface area contributed by atoms with Gasteiger partial charge in [0.15, 0.2) is 0 Å². The van der Waals surface area contributed by atoms with Crippen molar-refractivity contribution in [3.8, 4) is 11.5 Å². The van der Waals surface area contributed by atoms with E-state index in [1.54, 1.807) is 14.2 Å². The number of hydrogen-bond donors (Lipinski definition) is 2. The van der Waals surface area contributed by atoms with Gasteiger partial charge in [0.2, 0.25) is 0 Å². The van der Waals surface area contributed by atoms with Gasteiger partial charge in [-0.25, -0.2) is 4.79 Å². The van der Waals surface area contributed by atoms with Crippen LogP contribution >= 0.6 is 11.6 Å². The summed E-state index contributed by atoms with van der Waals surface area (Å²) < 4.78 is 10.6. The van der Waals surface area contributed by atoms with Crippen molar-refractivity contribution in [1.82, 2.24) is 15.2 Å². The number of ether oxygens (including phenoxy) is 2. The molecule has 6 nitrogen and oxygen atoms in total. The first kappa shape index (κ1) is 22.2. The Bertz CT molecular complexity index is 1330. The number of nitrogens with one attached hydrogen (secondary N) is 2. The van der Waals surface area contributed by atoms with Crippen LogP contribution < -0.4 is 14.8 Å². The van der Waals surface area contributed by atoms with E-state index in [4.69, 9.17) is 21.1 Å². The van der Waals surface area contributed by atoms with Crippen LogP contribution in [0.25, 0.3) is 10.9 Å². The molecule has 0 unspecified atom stereocenters. The smallest absolute Gasteiger partial charge is 0.318 e. The van der Waals surface area contributed by atoms with Crippen LogP contribution in [0.2, 0.25) is 5.02 Å². The van der Waals surface area contributed by atoms with E-state index >= 15 is 0 Å². The molecule has 1 atom stereocenters. The SMILES string of the molecule is COc1ccc([C@H]2c3[nH]c4ccc(Cl)cc4c3CCN2C(=O)NCc2cccc(OC)c2)cc1. The predicted octanol–water partition coefficient (Wildman–Crippen LogP) is 5.70.